The average molecular weight is 320 g/mol. The first kappa shape index (κ1) is 14.7. The first-order valence-electron chi connectivity index (χ1n) is 7.06. The summed E-state index contributed by atoms with van der Waals surface area (Å²) in [4.78, 5) is 37.1. The molecule has 1 amide bonds. The third kappa shape index (κ3) is 2.61. The van der Waals surface area contributed by atoms with Gasteiger partial charge in [-0.3, -0.25) is 9.59 Å². The molecule has 0 saturated carbocycles. The Kier molecular flexibility index (Phi) is 3.93. The molecule has 3 heterocycles. The van der Waals surface area contributed by atoms with Gasteiger partial charge in [-0.05, 0) is 18.9 Å². The number of hydrogen-bond donors (Lipinski definition) is 2. The lowest BCUT2D eigenvalue weighted by atomic mass is 10.1. The Hall–Kier alpha value is -2.22. The standard InChI is InChI=1S/C14H16N4O3S/c1-3-8-4-9(21-18-8)5-15-13(20)11-7(2)10-12(19)16-6-17-14(10)22-11/h6,9H,3-5H2,1-2H3,(H,15,20)(H,16,17,19)/t9-/m1/s1. The lowest BCUT2D eigenvalue weighted by Crippen LogP contribution is -2.32. The first-order valence-corrected chi connectivity index (χ1v) is 7.88. The molecule has 2 N–H and O–H groups in total. The van der Waals surface area contributed by atoms with Crippen LogP contribution in [0.3, 0.4) is 0 Å². The van der Waals surface area contributed by atoms with Gasteiger partial charge in [-0.15, -0.1) is 11.3 Å². The molecular weight excluding hydrogens is 304 g/mol. The molecule has 0 aromatic carbocycles. The Labute approximate surface area is 130 Å². The fraction of sp³-hybridized carbons (Fsp3) is 0.429. The third-order valence-corrected chi connectivity index (χ3v) is 4.83. The third-order valence-electron chi connectivity index (χ3n) is 3.63. The van der Waals surface area contributed by atoms with Crippen LogP contribution in [-0.4, -0.2) is 34.2 Å². The number of nitrogens with one attached hydrogen (secondary N) is 2. The zero-order chi connectivity index (χ0) is 15.7. The van der Waals surface area contributed by atoms with Crippen LogP contribution in [0.1, 0.15) is 35.0 Å². The van der Waals surface area contributed by atoms with Gasteiger partial charge in [0.15, 0.2) is 0 Å². The highest BCUT2D eigenvalue weighted by molar-refractivity contribution is 7.20. The van der Waals surface area contributed by atoms with Crippen LogP contribution in [0.25, 0.3) is 10.2 Å². The summed E-state index contributed by atoms with van der Waals surface area (Å²) in [7, 11) is 0. The SMILES string of the molecule is CCC1=NO[C@@H](CNC(=O)c2sc3nc[nH]c(=O)c3c2C)C1. The van der Waals surface area contributed by atoms with E-state index in [9.17, 15) is 9.59 Å². The molecule has 0 fully saturated rings. The molecule has 22 heavy (non-hydrogen) atoms. The van der Waals surface area contributed by atoms with E-state index in [-0.39, 0.29) is 17.6 Å². The van der Waals surface area contributed by atoms with E-state index >= 15 is 0 Å². The molecule has 1 atom stereocenters. The van der Waals surface area contributed by atoms with Gasteiger partial charge in [0.25, 0.3) is 11.5 Å². The smallest absolute Gasteiger partial charge is 0.261 e. The van der Waals surface area contributed by atoms with Crippen molar-refractivity contribution in [3.8, 4) is 0 Å². The molecule has 3 rings (SSSR count). The van der Waals surface area contributed by atoms with Crippen LogP contribution in [0.4, 0.5) is 0 Å². The van der Waals surface area contributed by atoms with Crippen LogP contribution in [0, 0.1) is 6.92 Å². The van der Waals surface area contributed by atoms with E-state index in [2.05, 4.69) is 20.4 Å². The molecule has 0 saturated heterocycles. The van der Waals surface area contributed by atoms with Crippen molar-refractivity contribution in [3.05, 3.63) is 27.1 Å². The largest absolute Gasteiger partial charge is 0.390 e. The lowest BCUT2D eigenvalue weighted by Gasteiger charge is -2.09. The van der Waals surface area contributed by atoms with Crippen molar-refractivity contribution >= 4 is 33.2 Å². The highest BCUT2D eigenvalue weighted by Crippen LogP contribution is 2.26. The quantitative estimate of drug-likeness (QED) is 0.894. The van der Waals surface area contributed by atoms with Gasteiger partial charge in [0, 0.05) is 6.42 Å². The second-order valence-corrected chi connectivity index (χ2v) is 6.12. The maximum absolute atomic E-state index is 12.3. The number of carbonyl (C=O) groups excluding carboxylic acids is 1. The zero-order valence-electron chi connectivity index (χ0n) is 12.3. The van der Waals surface area contributed by atoms with Crippen molar-refractivity contribution in [3.63, 3.8) is 0 Å². The number of fused-ring (bicyclic) bond motifs is 1. The molecule has 116 valence electrons. The minimum Gasteiger partial charge on any atom is -0.390 e. The molecule has 0 aliphatic carbocycles. The maximum Gasteiger partial charge on any atom is 0.261 e. The fourth-order valence-corrected chi connectivity index (χ4v) is 3.45. The predicted octanol–water partition coefficient (Wildman–Crippen LogP) is 1.58. The van der Waals surface area contributed by atoms with Crippen LogP contribution in [0.5, 0.6) is 0 Å². The number of rotatable bonds is 4. The summed E-state index contributed by atoms with van der Waals surface area (Å²) in [5.74, 6) is -0.214. The Morgan fingerprint density at radius 2 is 2.41 bits per heavy atom. The van der Waals surface area contributed by atoms with Crippen LogP contribution in [0.2, 0.25) is 0 Å². The van der Waals surface area contributed by atoms with E-state index in [0.717, 1.165) is 18.6 Å². The van der Waals surface area contributed by atoms with Crippen molar-refractivity contribution in [2.45, 2.75) is 32.8 Å². The number of hydrogen-bond acceptors (Lipinski definition) is 6. The number of aryl methyl sites for hydroxylation is 1. The van der Waals surface area contributed by atoms with E-state index in [1.807, 2.05) is 6.92 Å². The lowest BCUT2D eigenvalue weighted by molar-refractivity contribution is 0.0755. The Bertz CT molecular complexity index is 808. The van der Waals surface area contributed by atoms with Crippen molar-refractivity contribution in [1.82, 2.24) is 15.3 Å². The predicted molar refractivity (Wildman–Crippen MR) is 84.5 cm³/mol. The van der Waals surface area contributed by atoms with Gasteiger partial charge in [-0.25, -0.2) is 4.98 Å². The van der Waals surface area contributed by atoms with Crippen LogP contribution in [0.15, 0.2) is 16.3 Å². The monoisotopic (exact) mass is 320 g/mol. The molecule has 0 radical (unpaired) electrons. The number of carbonyl (C=O) groups is 1. The first-order chi connectivity index (χ1) is 10.6. The van der Waals surface area contributed by atoms with Crippen molar-refractivity contribution in [2.24, 2.45) is 5.16 Å². The summed E-state index contributed by atoms with van der Waals surface area (Å²) in [5, 5.41) is 7.28. The Morgan fingerprint density at radius 3 is 3.09 bits per heavy atom. The minimum atomic E-state index is -0.224. The molecule has 1 aliphatic heterocycles. The topological polar surface area (TPSA) is 96.4 Å². The summed E-state index contributed by atoms with van der Waals surface area (Å²) in [6, 6.07) is 0. The van der Waals surface area contributed by atoms with E-state index in [4.69, 9.17) is 4.84 Å². The second kappa shape index (κ2) is 5.88. The Balaban J connectivity index is 1.72. The van der Waals surface area contributed by atoms with E-state index < -0.39 is 0 Å². The molecule has 2 aromatic heterocycles. The number of oxime groups is 1. The second-order valence-electron chi connectivity index (χ2n) is 5.12. The summed E-state index contributed by atoms with van der Waals surface area (Å²) in [5.41, 5.74) is 1.44. The summed E-state index contributed by atoms with van der Waals surface area (Å²) >= 11 is 1.22. The summed E-state index contributed by atoms with van der Waals surface area (Å²) in [6.45, 7) is 4.17. The van der Waals surface area contributed by atoms with Crippen LogP contribution < -0.4 is 10.9 Å². The van der Waals surface area contributed by atoms with Crippen LogP contribution in [-0.2, 0) is 4.84 Å². The van der Waals surface area contributed by atoms with Gasteiger partial charge in [-0.1, -0.05) is 12.1 Å². The van der Waals surface area contributed by atoms with Gasteiger partial charge in [0.05, 0.1) is 28.8 Å². The van der Waals surface area contributed by atoms with Crippen LogP contribution >= 0.6 is 11.3 Å². The molecule has 0 bridgehead atoms. The molecule has 2 aromatic rings. The molecular formula is C14H16N4O3S. The highest BCUT2D eigenvalue weighted by atomic mass is 32.1. The Morgan fingerprint density at radius 1 is 1.59 bits per heavy atom. The van der Waals surface area contributed by atoms with E-state index in [1.165, 1.54) is 17.7 Å². The molecule has 0 unspecified atom stereocenters. The van der Waals surface area contributed by atoms with E-state index in [0.29, 0.717) is 27.2 Å². The zero-order valence-corrected chi connectivity index (χ0v) is 13.1. The van der Waals surface area contributed by atoms with Gasteiger partial charge in [0.2, 0.25) is 0 Å². The van der Waals surface area contributed by atoms with Gasteiger partial charge >= 0.3 is 0 Å². The van der Waals surface area contributed by atoms with Crippen molar-refractivity contribution in [1.29, 1.82) is 0 Å². The molecule has 1 aliphatic rings. The van der Waals surface area contributed by atoms with Gasteiger partial charge < -0.3 is 15.1 Å². The van der Waals surface area contributed by atoms with E-state index in [1.54, 1.807) is 6.92 Å². The number of aromatic nitrogens is 2. The normalized spacial score (nSPS) is 17.4. The highest BCUT2D eigenvalue weighted by Gasteiger charge is 2.22. The summed E-state index contributed by atoms with van der Waals surface area (Å²) < 4.78 is 0. The molecule has 8 heteroatoms. The fourth-order valence-electron chi connectivity index (χ4n) is 2.39. The number of amides is 1. The van der Waals surface area contributed by atoms with Crippen molar-refractivity contribution in [2.75, 3.05) is 6.54 Å². The average Bonchev–Trinajstić information content (AvgIpc) is 3.10. The molecule has 7 nitrogen and oxygen atoms in total. The number of nitrogens with zero attached hydrogens (tertiary/aromatic N) is 2. The van der Waals surface area contributed by atoms with Crippen molar-refractivity contribution < 1.29 is 9.63 Å². The molecule has 0 spiro atoms. The number of thiophene rings is 1. The maximum atomic E-state index is 12.3. The number of H-pyrrole nitrogens is 1. The van der Waals surface area contributed by atoms with Gasteiger partial charge in [0.1, 0.15) is 10.9 Å². The summed E-state index contributed by atoms with van der Waals surface area (Å²) in [6.07, 6.45) is 2.82. The minimum absolute atomic E-state index is 0.116. The van der Waals surface area contributed by atoms with Gasteiger partial charge in [-0.2, -0.15) is 0 Å². The number of aromatic amines is 1.